The van der Waals surface area contributed by atoms with E-state index in [0.29, 0.717) is 13.0 Å². The molecule has 0 saturated heterocycles. The molecule has 1 heterocycles. The third kappa shape index (κ3) is 3.73. The molecule has 1 aromatic rings. The number of nitrogens with one attached hydrogen (secondary N) is 1. The summed E-state index contributed by atoms with van der Waals surface area (Å²) in [5.74, 6) is -0.470. The van der Waals surface area contributed by atoms with Crippen molar-refractivity contribution in [1.82, 2.24) is 4.98 Å². The number of nitrogens with zero attached hydrogens (tertiary/aromatic N) is 1. The Bertz CT molecular complexity index is 444. The smallest absolute Gasteiger partial charge is 0.226 e. The van der Waals surface area contributed by atoms with Gasteiger partial charge in [-0.3, -0.25) is 4.79 Å². The van der Waals surface area contributed by atoms with Gasteiger partial charge in [0.2, 0.25) is 11.9 Å². The van der Waals surface area contributed by atoms with Crippen LogP contribution in [0.4, 0.5) is 10.2 Å². The molecule has 2 rings (SSSR count). The van der Waals surface area contributed by atoms with E-state index in [1.54, 1.807) is 6.07 Å². The zero-order valence-electron chi connectivity index (χ0n) is 11.0. The Kier molecular flexibility index (Phi) is 4.47. The monoisotopic (exact) mass is 265 g/mol. The second-order valence-electron chi connectivity index (χ2n) is 5.34. The molecule has 0 aromatic carbocycles. The van der Waals surface area contributed by atoms with Gasteiger partial charge in [0.15, 0.2) is 0 Å². The minimum Gasteiger partial charge on any atom is -0.330 e. The lowest BCUT2D eigenvalue weighted by Gasteiger charge is -2.35. The van der Waals surface area contributed by atoms with Crippen molar-refractivity contribution < 1.29 is 9.18 Å². The summed E-state index contributed by atoms with van der Waals surface area (Å²) in [5, 5.41) is 2.64. The van der Waals surface area contributed by atoms with Crippen LogP contribution in [-0.2, 0) is 4.79 Å². The van der Waals surface area contributed by atoms with Crippen molar-refractivity contribution in [2.45, 2.75) is 38.5 Å². The van der Waals surface area contributed by atoms with Crippen LogP contribution in [0.25, 0.3) is 0 Å². The van der Waals surface area contributed by atoms with Gasteiger partial charge in [-0.1, -0.05) is 25.3 Å². The molecule has 0 aliphatic heterocycles. The minimum absolute atomic E-state index is 0.0876. The number of carbonyl (C=O) groups is 1. The predicted molar refractivity (Wildman–Crippen MR) is 72.0 cm³/mol. The van der Waals surface area contributed by atoms with Crippen LogP contribution in [-0.4, -0.2) is 17.4 Å². The molecule has 5 heteroatoms. The van der Waals surface area contributed by atoms with Gasteiger partial charge in [0, 0.05) is 6.42 Å². The molecular formula is C14H20FN3O. The quantitative estimate of drug-likeness (QED) is 0.822. The topological polar surface area (TPSA) is 68.0 Å². The summed E-state index contributed by atoms with van der Waals surface area (Å²) in [6, 6.07) is 4.35. The molecule has 4 nitrogen and oxygen atoms in total. The largest absolute Gasteiger partial charge is 0.330 e. The molecule has 104 valence electrons. The molecule has 3 N–H and O–H groups in total. The lowest BCUT2D eigenvalue weighted by molar-refractivity contribution is -0.118. The summed E-state index contributed by atoms with van der Waals surface area (Å²) in [7, 11) is 0. The zero-order valence-corrected chi connectivity index (χ0v) is 11.0. The molecule has 1 aromatic heterocycles. The van der Waals surface area contributed by atoms with Gasteiger partial charge in [-0.25, -0.2) is 4.98 Å². The molecule has 0 spiro atoms. The molecule has 1 aliphatic carbocycles. The predicted octanol–water partition coefficient (Wildman–Crippen LogP) is 2.46. The van der Waals surface area contributed by atoms with Crippen molar-refractivity contribution in [2.24, 2.45) is 11.1 Å². The van der Waals surface area contributed by atoms with Crippen molar-refractivity contribution in [3.63, 3.8) is 0 Å². The fourth-order valence-corrected chi connectivity index (χ4v) is 2.76. The van der Waals surface area contributed by atoms with Crippen molar-refractivity contribution in [1.29, 1.82) is 0 Å². The van der Waals surface area contributed by atoms with E-state index in [1.165, 1.54) is 18.6 Å². The van der Waals surface area contributed by atoms with E-state index in [2.05, 4.69) is 10.3 Å². The molecule has 1 aliphatic rings. The minimum atomic E-state index is -0.594. The number of anilines is 1. The highest BCUT2D eigenvalue weighted by molar-refractivity contribution is 5.90. The average Bonchev–Trinajstić information content (AvgIpc) is 2.39. The van der Waals surface area contributed by atoms with Crippen molar-refractivity contribution in [3.05, 3.63) is 24.1 Å². The molecule has 0 atom stereocenters. The Hall–Kier alpha value is -1.49. The first-order valence-electron chi connectivity index (χ1n) is 6.76. The summed E-state index contributed by atoms with van der Waals surface area (Å²) < 4.78 is 12.9. The molecule has 19 heavy (non-hydrogen) atoms. The van der Waals surface area contributed by atoms with Crippen LogP contribution >= 0.6 is 0 Å². The van der Waals surface area contributed by atoms with Gasteiger partial charge in [0.05, 0.1) is 0 Å². The number of aromatic nitrogens is 1. The Morgan fingerprint density at radius 1 is 1.37 bits per heavy atom. The van der Waals surface area contributed by atoms with Crippen LogP contribution in [0.1, 0.15) is 38.5 Å². The third-order valence-electron chi connectivity index (χ3n) is 3.87. The summed E-state index contributed by atoms with van der Waals surface area (Å²) in [5.41, 5.74) is 5.76. The number of amides is 1. The van der Waals surface area contributed by atoms with Gasteiger partial charge in [-0.2, -0.15) is 4.39 Å². The average molecular weight is 265 g/mol. The number of nitrogens with two attached hydrogens (primary N) is 1. The fourth-order valence-electron chi connectivity index (χ4n) is 2.76. The van der Waals surface area contributed by atoms with Crippen LogP contribution < -0.4 is 11.1 Å². The van der Waals surface area contributed by atoms with E-state index < -0.39 is 5.95 Å². The van der Waals surface area contributed by atoms with E-state index >= 15 is 0 Å². The van der Waals surface area contributed by atoms with Crippen molar-refractivity contribution >= 4 is 11.7 Å². The molecule has 0 unspecified atom stereocenters. The highest BCUT2D eigenvalue weighted by Gasteiger charge is 2.32. The summed E-state index contributed by atoms with van der Waals surface area (Å²) in [6.45, 7) is 0.525. The van der Waals surface area contributed by atoms with Gasteiger partial charge in [0.25, 0.3) is 0 Å². The number of carbonyl (C=O) groups excluding carboxylic acids is 1. The van der Waals surface area contributed by atoms with Gasteiger partial charge < -0.3 is 11.1 Å². The highest BCUT2D eigenvalue weighted by Crippen LogP contribution is 2.38. The second kappa shape index (κ2) is 6.10. The molecule has 1 amide bonds. The number of rotatable bonds is 4. The Morgan fingerprint density at radius 3 is 2.74 bits per heavy atom. The van der Waals surface area contributed by atoms with Gasteiger partial charge in [-0.05, 0) is 36.9 Å². The van der Waals surface area contributed by atoms with E-state index in [4.69, 9.17) is 5.73 Å². The van der Waals surface area contributed by atoms with Crippen LogP contribution in [0.3, 0.4) is 0 Å². The number of hydrogen-bond acceptors (Lipinski definition) is 3. The lowest BCUT2D eigenvalue weighted by atomic mass is 9.71. The summed E-state index contributed by atoms with van der Waals surface area (Å²) >= 11 is 0. The zero-order chi connectivity index (χ0) is 13.7. The molecule has 1 saturated carbocycles. The Labute approximate surface area is 112 Å². The second-order valence-corrected chi connectivity index (χ2v) is 5.34. The number of hydrogen-bond donors (Lipinski definition) is 2. The van der Waals surface area contributed by atoms with Gasteiger partial charge >= 0.3 is 0 Å². The van der Waals surface area contributed by atoms with E-state index in [-0.39, 0.29) is 17.1 Å². The summed E-state index contributed by atoms with van der Waals surface area (Å²) in [4.78, 5) is 15.7. The van der Waals surface area contributed by atoms with Crippen LogP contribution in [0.2, 0.25) is 0 Å². The first-order valence-corrected chi connectivity index (χ1v) is 6.76. The summed E-state index contributed by atoms with van der Waals surface area (Å²) in [6.07, 6.45) is 5.85. The van der Waals surface area contributed by atoms with Crippen LogP contribution in [0.5, 0.6) is 0 Å². The molecular weight excluding hydrogens is 245 g/mol. The fraction of sp³-hybridized carbons (Fsp3) is 0.571. The first-order chi connectivity index (χ1) is 9.13. The third-order valence-corrected chi connectivity index (χ3v) is 3.87. The van der Waals surface area contributed by atoms with E-state index in [9.17, 15) is 9.18 Å². The molecule has 0 bridgehead atoms. The van der Waals surface area contributed by atoms with E-state index in [1.807, 2.05) is 0 Å². The first kappa shape index (κ1) is 13.9. The van der Waals surface area contributed by atoms with Gasteiger partial charge in [-0.15, -0.1) is 0 Å². The van der Waals surface area contributed by atoms with E-state index in [0.717, 1.165) is 25.7 Å². The van der Waals surface area contributed by atoms with Crippen molar-refractivity contribution in [2.75, 3.05) is 11.9 Å². The molecule has 0 radical (unpaired) electrons. The van der Waals surface area contributed by atoms with Crippen molar-refractivity contribution in [3.8, 4) is 0 Å². The lowest BCUT2D eigenvalue weighted by Crippen LogP contribution is -2.36. The highest BCUT2D eigenvalue weighted by atomic mass is 19.1. The van der Waals surface area contributed by atoms with Gasteiger partial charge in [0.1, 0.15) is 5.82 Å². The van der Waals surface area contributed by atoms with Crippen LogP contribution in [0, 0.1) is 11.4 Å². The maximum absolute atomic E-state index is 12.9. The number of halogens is 1. The maximum Gasteiger partial charge on any atom is 0.226 e. The normalized spacial score (nSPS) is 18.0. The Morgan fingerprint density at radius 2 is 2.11 bits per heavy atom. The Balaban J connectivity index is 1.96. The van der Waals surface area contributed by atoms with Crippen LogP contribution in [0.15, 0.2) is 18.2 Å². The number of pyridine rings is 1. The SMILES string of the molecule is NCC1(CC(=O)Nc2cccc(F)n2)CCCCC1. The maximum atomic E-state index is 12.9. The standard InChI is InChI=1S/C14H20FN3O/c15-11-5-4-6-12(17-11)18-13(19)9-14(10-16)7-2-1-3-8-14/h4-6H,1-3,7-10,16H2,(H,17,18,19). The molecule has 1 fully saturated rings.